The minimum atomic E-state index is 0.184. The number of benzene rings is 1. The molecule has 0 fully saturated rings. The van der Waals surface area contributed by atoms with Gasteiger partial charge in [-0.25, -0.2) is 0 Å². The Balaban J connectivity index is 2.25. The number of nitrogens with zero attached hydrogens (tertiary/aromatic N) is 1. The average molecular weight is 305 g/mol. The van der Waals surface area contributed by atoms with E-state index in [0.717, 1.165) is 15.9 Å². The standard InChI is InChI=1S/C15H17BrN2/c1-10-8-11(2)15(13(16)9-10)18-12(3)14-6-4-5-7-17-14/h4-9,12,18H,1-3H3. The first-order chi connectivity index (χ1) is 8.58. The van der Waals surface area contributed by atoms with Gasteiger partial charge < -0.3 is 5.32 Å². The van der Waals surface area contributed by atoms with Gasteiger partial charge in [-0.05, 0) is 66.0 Å². The summed E-state index contributed by atoms with van der Waals surface area (Å²) in [7, 11) is 0. The third-order valence-corrected chi connectivity index (χ3v) is 3.55. The smallest absolute Gasteiger partial charge is 0.0657 e. The first-order valence-electron chi connectivity index (χ1n) is 6.02. The highest BCUT2D eigenvalue weighted by Gasteiger charge is 2.10. The van der Waals surface area contributed by atoms with Gasteiger partial charge in [0.1, 0.15) is 0 Å². The summed E-state index contributed by atoms with van der Waals surface area (Å²) in [6, 6.07) is 10.5. The van der Waals surface area contributed by atoms with E-state index in [1.165, 1.54) is 11.1 Å². The summed E-state index contributed by atoms with van der Waals surface area (Å²) in [6.45, 7) is 6.34. The summed E-state index contributed by atoms with van der Waals surface area (Å²) in [6.07, 6.45) is 1.82. The van der Waals surface area contributed by atoms with Gasteiger partial charge in [-0.15, -0.1) is 0 Å². The zero-order valence-electron chi connectivity index (χ0n) is 10.9. The van der Waals surface area contributed by atoms with Crippen LogP contribution in [0.4, 0.5) is 5.69 Å². The Labute approximate surface area is 117 Å². The largest absolute Gasteiger partial charge is 0.376 e. The SMILES string of the molecule is Cc1cc(C)c(NC(C)c2ccccn2)c(Br)c1. The average Bonchev–Trinajstić information content (AvgIpc) is 2.34. The highest BCUT2D eigenvalue weighted by Crippen LogP contribution is 2.30. The molecule has 1 N–H and O–H groups in total. The van der Waals surface area contributed by atoms with Gasteiger partial charge in [0.2, 0.25) is 0 Å². The molecular formula is C15H17BrN2. The zero-order chi connectivity index (χ0) is 13.1. The number of aryl methyl sites for hydroxylation is 2. The second kappa shape index (κ2) is 5.53. The first kappa shape index (κ1) is 13.1. The monoisotopic (exact) mass is 304 g/mol. The van der Waals surface area contributed by atoms with Crippen LogP contribution in [0.15, 0.2) is 41.0 Å². The molecular weight excluding hydrogens is 288 g/mol. The Kier molecular flexibility index (Phi) is 4.02. The van der Waals surface area contributed by atoms with Crippen molar-refractivity contribution in [2.45, 2.75) is 26.8 Å². The molecule has 18 heavy (non-hydrogen) atoms. The van der Waals surface area contributed by atoms with Crippen molar-refractivity contribution in [3.8, 4) is 0 Å². The van der Waals surface area contributed by atoms with Crippen LogP contribution in [-0.4, -0.2) is 4.98 Å². The van der Waals surface area contributed by atoms with Gasteiger partial charge in [0.15, 0.2) is 0 Å². The molecule has 0 bridgehead atoms. The Bertz CT molecular complexity index is 514. The van der Waals surface area contributed by atoms with Crippen LogP contribution in [0.2, 0.25) is 0 Å². The molecule has 0 amide bonds. The van der Waals surface area contributed by atoms with E-state index in [2.05, 4.69) is 59.1 Å². The number of rotatable bonds is 3. The summed E-state index contributed by atoms with van der Waals surface area (Å²) < 4.78 is 1.10. The van der Waals surface area contributed by atoms with Crippen molar-refractivity contribution in [2.75, 3.05) is 5.32 Å². The molecule has 0 aliphatic carbocycles. The number of aromatic nitrogens is 1. The number of nitrogens with one attached hydrogen (secondary N) is 1. The molecule has 1 heterocycles. The van der Waals surface area contributed by atoms with Crippen LogP contribution in [0.5, 0.6) is 0 Å². The maximum atomic E-state index is 4.37. The van der Waals surface area contributed by atoms with Crippen LogP contribution in [-0.2, 0) is 0 Å². The van der Waals surface area contributed by atoms with Crippen molar-refractivity contribution >= 4 is 21.6 Å². The van der Waals surface area contributed by atoms with Gasteiger partial charge in [-0.1, -0.05) is 12.1 Å². The van der Waals surface area contributed by atoms with Crippen molar-refractivity contribution in [3.05, 3.63) is 57.8 Å². The Morgan fingerprint density at radius 1 is 1.22 bits per heavy atom. The maximum absolute atomic E-state index is 4.37. The van der Waals surface area contributed by atoms with Gasteiger partial charge in [-0.3, -0.25) is 4.98 Å². The second-order valence-corrected chi connectivity index (χ2v) is 5.41. The number of hydrogen-bond donors (Lipinski definition) is 1. The summed E-state index contributed by atoms with van der Waals surface area (Å²) in [4.78, 5) is 4.37. The van der Waals surface area contributed by atoms with Crippen LogP contribution in [0, 0.1) is 13.8 Å². The molecule has 0 spiro atoms. The van der Waals surface area contributed by atoms with E-state index in [9.17, 15) is 0 Å². The van der Waals surface area contributed by atoms with E-state index in [-0.39, 0.29) is 6.04 Å². The fourth-order valence-corrected chi connectivity index (χ4v) is 2.81. The maximum Gasteiger partial charge on any atom is 0.0657 e. The highest BCUT2D eigenvalue weighted by atomic mass is 79.9. The van der Waals surface area contributed by atoms with E-state index in [1.54, 1.807) is 0 Å². The third kappa shape index (κ3) is 2.91. The molecule has 2 nitrogen and oxygen atoms in total. The van der Waals surface area contributed by atoms with Gasteiger partial charge in [0, 0.05) is 10.7 Å². The fraction of sp³-hybridized carbons (Fsp3) is 0.267. The minimum Gasteiger partial charge on any atom is -0.376 e. The molecule has 3 heteroatoms. The number of halogens is 1. The Morgan fingerprint density at radius 2 is 2.00 bits per heavy atom. The molecule has 0 saturated carbocycles. The van der Waals surface area contributed by atoms with Crippen molar-refractivity contribution in [3.63, 3.8) is 0 Å². The highest BCUT2D eigenvalue weighted by molar-refractivity contribution is 9.10. The minimum absolute atomic E-state index is 0.184. The first-order valence-corrected chi connectivity index (χ1v) is 6.81. The molecule has 1 aromatic carbocycles. The molecule has 0 radical (unpaired) electrons. The van der Waals surface area contributed by atoms with Gasteiger partial charge in [-0.2, -0.15) is 0 Å². The summed E-state index contributed by atoms with van der Waals surface area (Å²) in [5.74, 6) is 0. The Hall–Kier alpha value is -1.35. The van der Waals surface area contributed by atoms with Crippen LogP contribution < -0.4 is 5.32 Å². The molecule has 1 atom stereocenters. The molecule has 0 aliphatic heterocycles. The summed E-state index contributed by atoms with van der Waals surface area (Å²) >= 11 is 3.62. The molecule has 1 aromatic heterocycles. The zero-order valence-corrected chi connectivity index (χ0v) is 12.5. The van der Waals surface area contributed by atoms with Crippen molar-refractivity contribution in [2.24, 2.45) is 0 Å². The van der Waals surface area contributed by atoms with E-state index in [1.807, 2.05) is 24.4 Å². The Morgan fingerprint density at radius 3 is 2.61 bits per heavy atom. The molecule has 0 aliphatic rings. The predicted molar refractivity (Wildman–Crippen MR) is 79.9 cm³/mol. The van der Waals surface area contributed by atoms with Crippen molar-refractivity contribution in [1.29, 1.82) is 0 Å². The van der Waals surface area contributed by atoms with Crippen LogP contribution in [0.3, 0.4) is 0 Å². The summed E-state index contributed by atoms with van der Waals surface area (Å²) in [5.41, 5.74) is 4.68. The van der Waals surface area contributed by atoms with Crippen LogP contribution >= 0.6 is 15.9 Å². The fourth-order valence-electron chi connectivity index (χ4n) is 2.02. The van der Waals surface area contributed by atoms with Gasteiger partial charge in [0.25, 0.3) is 0 Å². The lowest BCUT2D eigenvalue weighted by Crippen LogP contribution is -2.09. The molecule has 0 saturated heterocycles. The topological polar surface area (TPSA) is 24.9 Å². The van der Waals surface area contributed by atoms with E-state index < -0.39 is 0 Å². The molecule has 2 rings (SSSR count). The number of anilines is 1. The predicted octanol–water partition coefficient (Wildman–Crippen LogP) is 4.63. The molecule has 94 valence electrons. The van der Waals surface area contributed by atoms with E-state index in [4.69, 9.17) is 0 Å². The lowest BCUT2D eigenvalue weighted by atomic mass is 10.1. The van der Waals surface area contributed by atoms with Gasteiger partial charge >= 0.3 is 0 Å². The van der Waals surface area contributed by atoms with E-state index in [0.29, 0.717) is 0 Å². The number of pyridine rings is 1. The second-order valence-electron chi connectivity index (χ2n) is 4.56. The van der Waals surface area contributed by atoms with Crippen molar-refractivity contribution in [1.82, 2.24) is 4.98 Å². The quantitative estimate of drug-likeness (QED) is 0.894. The lowest BCUT2D eigenvalue weighted by molar-refractivity contribution is 0.837. The number of hydrogen-bond acceptors (Lipinski definition) is 2. The van der Waals surface area contributed by atoms with Crippen molar-refractivity contribution < 1.29 is 0 Å². The van der Waals surface area contributed by atoms with Crippen LogP contribution in [0.25, 0.3) is 0 Å². The third-order valence-electron chi connectivity index (χ3n) is 2.92. The van der Waals surface area contributed by atoms with Gasteiger partial charge in [0.05, 0.1) is 17.4 Å². The molecule has 2 aromatic rings. The summed E-state index contributed by atoms with van der Waals surface area (Å²) in [5, 5.41) is 3.51. The molecule has 1 unspecified atom stereocenters. The van der Waals surface area contributed by atoms with E-state index >= 15 is 0 Å². The lowest BCUT2D eigenvalue weighted by Gasteiger charge is -2.18. The normalized spacial score (nSPS) is 12.2. The van der Waals surface area contributed by atoms with Crippen LogP contribution in [0.1, 0.15) is 29.8 Å².